The zero-order chi connectivity index (χ0) is 21.4. The quantitative estimate of drug-likeness (QED) is 0.597. The third-order valence-corrected chi connectivity index (χ3v) is 8.21. The number of nitrogens with zero attached hydrogens (tertiary/aromatic N) is 1. The van der Waals surface area contributed by atoms with Crippen LogP contribution in [0.3, 0.4) is 0 Å². The molecule has 1 amide bonds. The smallest absolute Gasteiger partial charge is 0.306 e. The number of amides is 1. The van der Waals surface area contributed by atoms with Crippen LogP contribution in [-0.2, 0) is 27.4 Å². The first-order chi connectivity index (χ1) is 14.9. The number of esters is 1. The Balaban J connectivity index is 1.10. The van der Waals surface area contributed by atoms with E-state index in [0.29, 0.717) is 6.42 Å². The maximum absolute atomic E-state index is 12.6. The molecule has 31 heavy (non-hydrogen) atoms. The van der Waals surface area contributed by atoms with Gasteiger partial charge in [-0.15, -0.1) is 11.3 Å². The summed E-state index contributed by atoms with van der Waals surface area (Å²) in [4.78, 5) is 29.4. The summed E-state index contributed by atoms with van der Waals surface area (Å²) in [7, 11) is 0. The van der Waals surface area contributed by atoms with E-state index < -0.39 is 0 Å². The van der Waals surface area contributed by atoms with E-state index in [2.05, 4.69) is 10.3 Å². The minimum Gasteiger partial charge on any atom is -0.459 e. The molecule has 4 saturated carbocycles. The van der Waals surface area contributed by atoms with Crippen molar-refractivity contribution in [1.82, 2.24) is 4.98 Å². The highest BCUT2D eigenvalue weighted by Crippen LogP contribution is 2.61. The fourth-order valence-corrected chi connectivity index (χ4v) is 7.27. The Labute approximate surface area is 187 Å². The van der Waals surface area contributed by atoms with Crippen LogP contribution in [0.5, 0.6) is 0 Å². The monoisotopic (exact) mass is 438 g/mol. The summed E-state index contributed by atoms with van der Waals surface area (Å²) in [6.07, 6.45) is 8.57. The first-order valence-corrected chi connectivity index (χ1v) is 12.3. The zero-order valence-electron chi connectivity index (χ0n) is 18.1. The van der Waals surface area contributed by atoms with Gasteiger partial charge in [0, 0.05) is 11.1 Å². The van der Waals surface area contributed by atoms with Crippen molar-refractivity contribution < 1.29 is 14.3 Å². The maximum atomic E-state index is 12.6. The van der Waals surface area contributed by atoms with E-state index in [0.717, 1.165) is 39.7 Å². The van der Waals surface area contributed by atoms with Crippen molar-refractivity contribution in [2.24, 2.45) is 23.2 Å². The van der Waals surface area contributed by atoms with Crippen LogP contribution < -0.4 is 5.32 Å². The summed E-state index contributed by atoms with van der Waals surface area (Å²) in [6, 6.07) is 7.72. The minimum absolute atomic E-state index is 0.0892. The molecule has 4 bridgehead atoms. The van der Waals surface area contributed by atoms with Gasteiger partial charge in [-0.05, 0) is 80.8 Å². The summed E-state index contributed by atoms with van der Waals surface area (Å²) >= 11 is 1.43. The molecule has 1 heterocycles. The van der Waals surface area contributed by atoms with Crippen molar-refractivity contribution in [1.29, 1.82) is 0 Å². The van der Waals surface area contributed by atoms with Gasteiger partial charge in [-0.1, -0.05) is 17.7 Å². The lowest BCUT2D eigenvalue weighted by molar-refractivity contribution is -0.153. The number of aryl methyl sites for hydroxylation is 1. The standard InChI is InChI=1S/C25H30N2O3S/c1-16-2-4-20(5-3-16)26-22(28)9-23-27-21(15-31-23)14-30-24(29)13-25-10-17-6-18(11-25)8-19(7-17)12-25/h2-5,15,17-19H,6-14H2,1H3,(H,26,28). The number of ether oxygens (including phenoxy) is 1. The number of rotatable bonds is 7. The van der Waals surface area contributed by atoms with Gasteiger partial charge in [0.05, 0.1) is 18.5 Å². The molecule has 0 atom stereocenters. The Morgan fingerprint density at radius 1 is 1.10 bits per heavy atom. The van der Waals surface area contributed by atoms with E-state index in [-0.39, 0.29) is 30.3 Å². The van der Waals surface area contributed by atoms with E-state index in [4.69, 9.17) is 4.74 Å². The largest absolute Gasteiger partial charge is 0.459 e. The van der Waals surface area contributed by atoms with Crippen LogP contribution in [0, 0.1) is 30.1 Å². The van der Waals surface area contributed by atoms with Crippen LogP contribution in [0.4, 0.5) is 5.69 Å². The van der Waals surface area contributed by atoms with Crippen LogP contribution in [0.25, 0.3) is 0 Å². The highest BCUT2D eigenvalue weighted by atomic mass is 32.1. The van der Waals surface area contributed by atoms with Gasteiger partial charge in [0.25, 0.3) is 0 Å². The van der Waals surface area contributed by atoms with Gasteiger partial charge < -0.3 is 10.1 Å². The third kappa shape index (κ3) is 4.84. The first-order valence-electron chi connectivity index (χ1n) is 11.4. The van der Waals surface area contributed by atoms with E-state index >= 15 is 0 Å². The van der Waals surface area contributed by atoms with Crippen LogP contribution in [0.1, 0.15) is 61.2 Å². The van der Waals surface area contributed by atoms with Crippen LogP contribution in [0.2, 0.25) is 0 Å². The molecule has 164 valence electrons. The Bertz CT molecular complexity index is 930. The molecule has 4 aliphatic carbocycles. The Morgan fingerprint density at radius 3 is 2.39 bits per heavy atom. The van der Waals surface area contributed by atoms with E-state index in [1.165, 1.54) is 49.9 Å². The van der Waals surface area contributed by atoms with Crippen LogP contribution in [0.15, 0.2) is 29.6 Å². The second kappa shape index (κ2) is 8.38. The number of thiazole rings is 1. The second-order valence-electron chi connectivity index (χ2n) is 10.1. The lowest BCUT2D eigenvalue weighted by Gasteiger charge is -2.56. The van der Waals surface area contributed by atoms with Gasteiger partial charge in [-0.2, -0.15) is 0 Å². The molecule has 4 aliphatic rings. The van der Waals surface area contributed by atoms with Crippen molar-refractivity contribution in [2.75, 3.05) is 5.32 Å². The van der Waals surface area contributed by atoms with Crippen molar-refractivity contribution >= 4 is 28.9 Å². The highest BCUT2D eigenvalue weighted by Gasteiger charge is 2.51. The fourth-order valence-electron chi connectivity index (χ4n) is 6.49. The van der Waals surface area contributed by atoms with Crippen molar-refractivity contribution in [3.63, 3.8) is 0 Å². The number of carbonyl (C=O) groups excluding carboxylic acids is 2. The molecule has 0 unspecified atom stereocenters. The summed E-state index contributed by atoms with van der Waals surface area (Å²) in [6.45, 7) is 2.21. The van der Waals surface area contributed by atoms with Gasteiger partial charge >= 0.3 is 5.97 Å². The average molecular weight is 439 g/mol. The van der Waals surface area contributed by atoms with E-state index in [1.54, 1.807) is 0 Å². The van der Waals surface area contributed by atoms with Crippen molar-refractivity contribution in [3.8, 4) is 0 Å². The molecule has 4 fully saturated rings. The molecular weight excluding hydrogens is 408 g/mol. The molecule has 6 rings (SSSR count). The molecule has 5 nitrogen and oxygen atoms in total. The second-order valence-corrected chi connectivity index (χ2v) is 11.0. The predicted molar refractivity (Wildman–Crippen MR) is 121 cm³/mol. The minimum atomic E-state index is -0.0939. The Hall–Kier alpha value is -2.21. The Kier molecular flexibility index (Phi) is 5.59. The number of hydrogen-bond donors (Lipinski definition) is 1. The maximum Gasteiger partial charge on any atom is 0.306 e. The number of hydrogen-bond acceptors (Lipinski definition) is 5. The molecule has 1 aromatic carbocycles. The number of anilines is 1. The summed E-state index contributed by atoms with van der Waals surface area (Å²) in [5.41, 5.74) is 2.86. The van der Waals surface area contributed by atoms with Gasteiger partial charge in [0.15, 0.2) is 0 Å². The number of carbonyl (C=O) groups is 2. The SMILES string of the molecule is Cc1ccc(NC(=O)Cc2nc(COC(=O)CC34CC5CC(CC(C5)C3)C4)cs2)cc1. The predicted octanol–water partition coefficient (Wildman–Crippen LogP) is 5.28. The van der Waals surface area contributed by atoms with Gasteiger partial charge in [0.1, 0.15) is 11.6 Å². The van der Waals surface area contributed by atoms with Gasteiger partial charge in [0.2, 0.25) is 5.91 Å². The van der Waals surface area contributed by atoms with E-state index in [9.17, 15) is 9.59 Å². The number of aromatic nitrogens is 1. The fraction of sp³-hybridized carbons (Fsp3) is 0.560. The molecule has 0 radical (unpaired) electrons. The lowest BCUT2D eigenvalue weighted by atomic mass is 9.49. The van der Waals surface area contributed by atoms with E-state index in [1.807, 2.05) is 36.6 Å². The van der Waals surface area contributed by atoms with Gasteiger partial charge in [-0.3, -0.25) is 9.59 Å². The molecule has 2 aromatic rings. The molecular formula is C25H30N2O3S. The topological polar surface area (TPSA) is 68.3 Å². The molecule has 0 aliphatic heterocycles. The normalized spacial score (nSPS) is 28.5. The van der Waals surface area contributed by atoms with Crippen molar-refractivity contribution in [2.45, 2.75) is 64.9 Å². The molecule has 0 saturated heterocycles. The van der Waals surface area contributed by atoms with Crippen molar-refractivity contribution in [3.05, 3.63) is 45.9 Å². The molecule has 1 N–H and O–H groups in total. The van der Waals surface area contributed by atoms with Gasteiger partial charge in [-0.25, -0.2) is 4.98 Å². The zero-order valence-corrected chi connectivity index (χ0v) is 18.9. The molecule has 0 spiro atoms. The Morgan fingerprint density at radius 2 is 1.74 bits per heavy atom. The number of nitrogens with one attached hydrogen (secondary N) is 1. The summed E-state index contributed by atoms with van der Waals surface area (Å²) < 4.78 is 5.60. The van der Waals surface area contributed by atoms with Crippen LogP contribution >= 0.6 is 11.3 Å². The molecule has 1 aromatic heterocycles. The average Bonchev–Trinajstić information content (AvgIpc) is 3.14. The molecule has 6 heteroatoms. The first kappa shape index (κ1) is 20.7. The van der Waals surface area contributed by atoms with Crippen LogP contribution in [-0.4, -0.2) is 16.9 Å². The number of benzene rings is 1. The summed E-state index contributed by atoms with van der Waals surface area (Å²) in [5, 5.41) is 5.51. The summed E-state index contributed by atoms with van der Waals surface area (Å²) in [5.74, 6) is 2.33. The lowest BCUT2D eigenvalue weighted by Crippen LogP contribution is -2.47. The third-order valence-electron chi connectivity index (χ3n) is 7.31. The highest BCUT2D eigenvalue weighted by molar-refractivity contribution is 7.09.